The number of hydrogen-bond acceptors (Lipinski definition) is 2. The van der Waals surface area contributed by atoms with Crippen LogP contribution in [0.25, 0.3) is 0 Å². The van der Waals surface area contributed by atoms with Gasteiger partial charge in [0.25, 0.3) is 5.91 Å². The molecule has 1 atom stereocenters. The zero-order valence-electron chi connectivity index (χ0n) is 11.7. The highest BCUT2D eigenvalue weighted by molar-refractivity contribution is 9.10. The number of carbonyl (C=O) groups is 2. The van der Waals surface area contributed by atoms with Gasteiger partial charge in [0.15, 0.2) is 0 Å². The Morgan fingerprint density at radius 1 is 1.22 bits per heavy atom. The van der Waals surface area contributed by atoms with Crippen LogP contribution in [-0.2, 0) is 11.3 Å². The Morgan fingerprint density at radius 3 is 2.61 bits per heavy atom. The van der Waals surface area contributed by atoms with E-state index in [0.717, 1.165) is 12.1 Å². The van der Waals surface area contributed by atoms with Crippen molar-refractivity contribution in [2.24, 2.45) is 5.73 Å². The smallest absolute Gasteiger partial charge is 0.255 e. The van der Waals surface area contributed by atoms with Crippen molar-refractivity contribution in [2.45, 2.75) is 12.6 Å². The summed E-state index contributed by atoms with van der Waals surface area (Å²) in [7, 11) is 0. The van der Waals surface area contributed by atoms with Crippen molar-refractivity contribution in [2.75, 3.05) is 0 Å². The molecular weight excluding hydrogens is 370 g/mol. The third-order valence-corrected chi connectivity index (χ3v) is 4.23. The molecule has 0 bridgehead atoms. The molecule has 0 saturated heterocycles. The van der Waals surface area contributed by atoms with Crippen LogP contribution in [0.5, 0.6) is 0 Å². The molecule has 7 heteroatoms. The zero-order valence-corrected chi connectivity index (χ0v) is 13.3. The number of nitrogens with two attached hydrogens (primary N) is 1. The van der Waals surface area contributed by atoms with Crippen LogP contribution in [0.4, 0.5) is 8.78 Å². The number of amides is 2. The second-order valence-electron chi connectivity index (χ2n) is 5.21. The van der Waals surface area contributed by atoms with Crippen LogP contribution in [0.3, 0.4) is 0 Å². The molecule has 1 aliphatic heterocycles. The first-order valence-corrected chi connectivity index (χ1v) is 7.51. The maximum absolute atomic E-state index is 13.9. The summed E-state index contributed by atoms with van der Waals surface area (Å²) in [6.45, 7) is -0.176. The first kappa shape index (κ1) is 15.6. The van der Waals surface area contributed by atoms with Gasteiger partial charge in [-0.1, -0.05) is 22.0 Å². The second-order valence-corrected chi connectivity index (χ2v) is 6.12. The van der Waals surface area contributed by atoms with E-state index >= 15 is 0 Å². The maximum atomic E-state index is 13.9. The Kier molecular flexibility index (Phi) is 3.89. The zero-order chi connectivity index (χ0) is 16.7. The van der Waals surface area contributed by atoms with Gasteiger partial charge in [0, 0.05) is 21.7 Å². The van der Waals surface area contributed by atoms with Crippen LogP contribution in [0.1, 0.15) is 27.5 Å². The summed E-state index contributed by atoms with van der Waals surface area (Å²) in [5.74, 6) is -2.62. The number of fused-ring (bicyclic) bond motifs is 1. The molecule has 0 aliphatic carbocycles. The van der Waals surface area contributed by atoms with Gasteiger partial charge in [0.05, 0.1) is 6.54 Å². The fourth-order valence-corrected chi connectivity index (χ4v) is 3.08. The molecule has 1 unspecified atom stereocenters. The second kappa shape index (κ2) is 5.73. The molecule has 1 heterocycles. The van der Waals surface area contributed by atoms with Crippen LogP contribution >= 0.6 is 15.9 Å². The Labute approximate surface area is 139 Å². The molecule has 0 aromatic heterocycles. The van der Waals surface area contributed by atoms with Crippen LogP contribution in [0.15, 0.2) is 40.9 Å². The summed E-state index contributed by atoms with van der Waals surface area (Å²) in [6.07, 6.45) is 0. The normalized spacial score (nSPS) is 16.6. The van der Waals surface area contributed by atoms with E-state index in [1.807, 2.05) is 0 Å². The van der Waals surface area contributed by atoms with Gasteiger partial charge in [0.1, 0.15) is 17.7 Å². The molecule has 0 spiro atoms. The average Bonchev–Trinajstić information content (AvgIpc) is 2.74. The maximum Gasteiger partial charge on any atom is 0.255 e. The van der Waals surface area contributed by atoms with E-state index in [1.54, 1.807) is 18.2 Å². The summed E-state index contributed by atoms with van der Waals surface area (Å²) in [6, 6.07) is 6.99. The molecule has 0 saturated carbocycles. The lowest BCUT2D eigenvalue weighted by atomic mass is 10.0. The number of benzene rings is 2. The minimum Gasteiger partial charge on any atom is -0.368 e. The lowest BCUT2D eigenvalue weighted by Crippen LogP contribution is -2.35. The van der Waals surface area contributed by atoms with Crippen molar-refractivity contribution in [3.05, 3.63) is 69.2 Å². The SMILES string of the molecule is NC(=O)C1c2cc(Br)ccc2C(=O)N1Cc1ccc(F)cc1F. The Bertz CT molecular complexity index is 826. The summed E-state index contributed by atoms with van der Waals surface area (Å²) in [5.41, 5.74) is 6.36. The molecule has 2 aromatic rings. The summed E-state index contributed by atoms with van der Waals surface area (Å²) < 4.78 is 27.6. The van der Waals surface area contributed by atoms with Crippen molar-refractivity contribution in [1.82, 2.24) is 4.90 Å². The van der Waals surface area contributed by atoms with E-state index < -0.39 is 29.5 Å². The predicted molar refractivity (Wildman–Crippen MR) is 82.3 cm³/mol. The fraction of sp³-hybridized carbons (Fsp3) is 0.125. The number of carbonyl (C=O) groups excluding carboxylic acids is 2. The molecule has 0 fully saturated rings. The van der Waals surface area contributed by atoms with Gasteiger partial charge in [-0.2, -0.15) is 0 Å². The highest BCUT2D eigenvalue weighted by atomic mass is 79.9. The topological polar surface area (TPSA) is 63.4 Å². The van der Waals surface area contributed by atoms with E-state index in [9.17, 15) is 18.4 Å². The lowest BCUT2D eigenvalue weighted by Gasteiger charge is -2.23. The Hall–Kier alpha value is -2.28. The third kappa shape index (κ3) is 2.72. The van der Waals surface area contributed by atoms with E-state index in [2.05, 4.69) is 15.9 Å². The predicted octanol–water partition coefficient (Wildman–Crippen LogP) is 2.91. The van der Waals surface area contributed by atoms with Crippen LogP contribution in [0, 0.1) is 11.6 Å². The standard InChI is InChI=1S/C16H11BrF2N2O2/c17-9-2-4-11-12(5-9)14(15(20)22)21(16(11)23)7-8-1-3-10(18)6-13(8)19/h1-6,14H,7H2,(H2,20,22). The molecule has 3 rings (SSSR count). The van der Waals surface area contributed by atoms with E-state index in [-0.39, 0.29) is 12.1 Å². The number of halogens is 3. The number of rotatable bonds is 3. The molecule has 4 nitrogen and oxygen atoms in total. The van der Waals surface area contributed by atoms with Gasteiger partial charge >= 0.3 is 0 Å². The summed E-state index contributed by atoms with van der Waals surface area (Å²) in [4.78, 5) is 25.5. The van der Waals surface area contributed by atoms with Crippen LogP contribution in [0.2, 0.25) is 0 Å². The van der Waals surface area contributed by atoms with E-state index in [1.165, 1.54) is 11.0 Å². The molecule has 118 valence electrons. The van der Waals surface area contributed by atoms with Gasteiger partial charge in [-0.25, -0.2) is 8.78 Å². The molecule has 23 heavy (non-hydrogen) atoms. The number of nitrogens with zero attached hydrogens (tertiary/aromatic N) is 1. The minimum absolute atomic E-state index is 0.109. The fourth-order valence-electron chi connectivity index (χ4n) is 2.70. The van der Waals surface area contributed by atoms with Crippen molar-refractivity contribution in [3.8, 4) is 0 Å². The molecule has 2 amide bonds. The Morgan fingerprint density at radius 2 is 1.96 bits per heavy atom. The van der Waals surface area contributed by atoms with Gasteiger partial charge in [-0.3, -0.25) is 9.59 Å². The van der Waals surface area contributed by atoms with Crippen molar-refractivity contribution < 1.29 is 18.4 Å². The van der Waals surface area contributed by atoms with Gasteiger partial charge < -0.3 is 10.6 Å². The van der Waals surface area contributed by atoms with Crippen LogP contribution in [-0.4, -0.2) is 16.7 Å². The van der Waals surface area contributed by atoms with Gasteiger partial charge in [0.2, 0.25) is 5.91 Å². The summed E-state index contributed by atoms with van der Waals surface area (Å²) in [5, 5.41) is 0. The van der Waals surface area contributed by atoms with Crippen LogP contribution < -0.4 is 5.73 Å². The Balaban J connectivity index is 2.02. The number of hydrogen-bond donors (Lipinski definition) is 1. The molecule has 1 aliphatic rings. The summed E-state index contributed by atoms with van der Waals surface area (Å²) >= 11 is 3.28. The largest absolute Gasteiger partial charge is 0.368 e. The first-order chi connectivity index (χ1) is 10.9. The average molecular weight is 381 g/mol. The van der Waals surface area contributed by atoms with Gasteiger partial charge in [-0.05, 0) is 29.8 Å². The molecule has 2 N–H and O–H groups in total. The highest BCUT2D eigenvalue weighted by Crippen LogP contribution is 2.36. The van der Waals surface area contributed by atoms with E-state index in [4.69, 9.17) is 5.73 Å². The molecule has 2 aromatic carbocycles. The number of primary amides is 1. The van der Waals surface area contributed by atoms with Crippen molar-refractivity contribution in [3.63, 3.8) is 0 Å². The highest BCUT2D eigenvalue weighted by Gasteiger charge is 2.40. The monoisotopic (exact) mass is 380 g/mol. The van der Waals surface area contributed by atoms with Crippen molar-refractivity contribution >= 4 is 27.7 Å². The van der Waals surface area contributed by atoms with Gasteiger partial charge in [-0.15, -0.1) is 0 Å². The van der Waals surface area contributed by atoms with E-state index in [0.29, 0.717) is 15.6 Å². The quantitative estimate of drug-likeness (QED) is 0.889. The third-order valence-electron chi connectivity index (χ3n) is 3.74. The lowest BCUT2D eigenvalue weighted by molar-refractivity contribution is -0.122. The van der Waals surface area contributed by atoms with Crippen molar-refractivity contribution in [1.29, 1.82) is 0 Å². The minimum atomic E-state index is -0.987. The molecular formula is C16H11BrF2N2O2. The molecule has 0 radical (unpaired) electrons. The first-order valence-electron chi connectivity index (χ1n) is 6.72.